The average Bonchev–Trinajstić information content (AvgIpc) is 2.42. The number of rotatable bonds is 7. The van der Waals surface area contributed by atoms with Gasteiger partial charge in [0.1, 0.15) is 6.54 Å². The number of carboxylic acids is 2. The summed E-state index contributed by atoms with van der Waals surface area (Å²) in [6, 6.07) is 4.19. The van der Waals surface area contributed by atoms with Crippen molar-refractivity contribution >= 4 is 22.0 Å². The number of sulfonamides is 1. The molecular weight excluding hydrogens is 324 g/mol. The van der Waals surface area contributed by atoms with Crippen LogP contribution in [0.15, 0.2) is 17.0 Å². The molecule has 0 saturated carbocycles. The molecule has 0 amide bonds. The molecule has 0 fully saturated rings. The van der Waals surface area contributed by atoms with Gasteiger partial charge in [-0.05, 0) is 31.0 Å². The van der Waals surface area contributed by atoms with E-state index in [0.29, 0.717) is 15.4 Å². The van der Waals surface area contributed by atoms with Gasteiger partial charge in [0.2, 0.25) is 10.0 Å². The van der Waals surface area contributed by atoms with Gasteiger partial charge in [0.15, 0.2) is 0 Å². The molecule has 0 aromatic heterocycles. The topological polar surface area (TPSA) is 136 Å². The van der Waals surface area contributed by atoms with Gasteiger partial charge in [-0.2, -0.15) is 9.57 Å². The summed E-state index contributed by atoms with van der Waals surface area (Å²) in [6.07, 6.45) is -0.177. The van der Waals surface area contributed by atoms with Crippen molar-refractivity contribution in [3.8, 4) is 6.07 Å². The molecule has 0 aliphatic heterocycles. The maximum absolute atomic E-state index is 12.6. The third-order valence-electron chi connectivity index (χ3n) is 3.15. The molecule has 0 saturated heterocycles. The Morgan fingerprint density at radius 2 is 1.83 bits per heavy atom. The molecule has 0 unspecified atom stereocenters. The maximum atomic E-state index is 12.6. The zero-order valence-electron chi connectivity index (χ0n) is 12.6. The van der Waals surface area contributed by atoms with Crippen LogP contribution in [-0.4, -0.2) is 48.0 Å². The summed E-state index contributed by atoms with van der Waals surface area (Å²) in [4.78, 5) is 21.8. The fourth-order valence-electron chi connectivity index (χ4n) is 2.09. The van der Waals surface area contributed by atoms with Crippen molar-refractivity contribution in [1.82, 2.24) is 4.31 Å². The van der Waals surface area contributed by atoms with Crippen molar-refractivity contribution in [3.05, 3.63) is 28.8 Å². The van der Waals surface area contributed by atoms with Gasteiger partial charge in [0.25, 0.3) is 0 Å². The zero-order valence-corrected chi connectivity index (χ0v) is 13.4. The summed E-state index contributed by atoms with van der Waals surface area (Å²) >= 11 is 0. The van der Waals surface area contributed by atoms with Gasteiger partial charge in [-0.15, -0.1) is 0 Å². The Balaban J connectivity index is 3.45. The first-order valence-electron chi connectivity index (χ1n) is 6.54. The van der Waals surface area contributed by atoms with Crippen LogP contribution >= 0.6 is 0 Å². The lowest BCUT2D eigenvalue weighted by Crippen LogP contribution is -2.36. The highest BCUT2D eigenvalue weighted by molar-refractivity contribution is 7.89. The number of aliphatic carboxylic acids is 1. The van der Waals surface area contributed by atoms with Crippen molar-refractivity contribution in [1.29, 1.82) is 5.26 Å². The molecule has 2 N–H and O–H groups in total. The van der Waals surface area contributed by atoms with Gasteiger partial charge in [-0.3, -0.25) is 4.79 Å². The van der Waals surface area contributed by atoms with Crippen molar-refractivity contribution in [2.45, 2.75) is 25.2 Å². The number of hydrogen-bond acceptors (Lipinski definition) is 5. The highest BCUT2D eigenvalue weighted by atomic mass is 32.2. The Hall–Kier alpha value is -2.44. The Morgan fingerprint density at radius 3 is 2.30 bits per heavy atom. The molecule has 124 valence electrons. The first-order chi connectivity index (χ1) is 10.6. The Labute approximate surface area is 133 Å². The number of aryl methyl sites for hydroxylation is 2. The van der Waals surface area contributed by atoms with Gasteiger partial charge < -0.3 is 10.2 Å². The summed E-state index contributed by atoms with van der Waals surface area (Å²) in [7, 11) is -4.23. The van der Waals surface area contributed by atoms with Crippen LogP contribution in [0.1, 0.15) is 27.9 Å². The largest absolute Gasteiger partial charge is 0.480 e. The molecule has 1 aromatic rings. The van der Waals surface area contributed by atoms with E-state index in [1.54, 1.807) is 6.07 Å². The van der Waals surface area contributed by atoms with Gasteiger partial charge in [0.05, 0.1) is 16.5 Å². The Kier molecular flexibility index (Phi) is 5.84. The first-order valence-corrected chi connectivity index (χ1v) is 7.98. The predicted octanol–water partition coefficient (Wildman–Crippen LogP) is 0.991. The van der Waals surface area contributed by atoms with E-state index >= 15 is 0 Å². The first kappa shape index (κ1) is 18.6. The van der Waals surface area contributed by atoms with E-state index in [9.17, 15) is 18.0 Å². The summed E-state index contributed by atoms with van der Waals surface area (Å²) in [5.41, 5.74) is 0.528. The Morgan fingerprint density at radius 1 is 1.22 bits per heavy atom. The molecule has 0 bridgehead atoms. The van der Waals surface area contributed by atoms with E-state index in [4.69, 9.17) is 15.5 Å². The van der Waals surface area contributed by atoms with Crippen LogP contribution in [0, 0.1) is 25.2 Å². The van der Waals surface area contributed by atoms with Gasteiger partial charge in [-0.1, -0.05) is 6.07 Å². The lowest BCUT2D eigenvalue weighted by Gasteiger charge is -2.21. The summed E-state index contributed by atoms with van der Waals surface area (Å²) in [6.45, 7) is 1.94. The van der Waals surface area contributed by atoms with E-state index < -0.39 is 28.5 Å². The average molecular weight is 340 g/mol. The van der Waals surface area contributed by atoms with Crippen LogP contribution in [0.3, 0.4) is 0 Å². The fourth-order valence-corrected chi connectivity index (χ4v) is 3.71. The number of carboxylic acid groups (broad SMARTS) is 2. The smallest absolute Gasteiger partial charge is 0.335 e. The number of hydrogen-bond donors (Lipinski definition) is 2. The molecule has 23 heavy (non-hydrogen) atoms. The van der Waals surface area contributed by atoms with Crippen LogP contribution in [0.25, 0.3) is 0 Å². The molecule has 0 radical (unpaired) electrons. The third kappa shape index (κ3) is 4.28. The lowest BCUT2D eigenvalue weighted by atomic mass is 10.1. The molecule has 0 aliphatic rings. The second-order valence-electron chi connectivity index (χ2n) is 4.88. The van der Waals surface area contributed by atoms with E-state index in [2.05, 4.69) is 0 Å². The SMILES string of the molecule is Cc1cc(C)c(S(=O)(=O)N(CCC#N)CC(=O)O)cc1C(=O)O. The third-order valence-corrected chi connectivity index (χ3v) is 5.14. The minimum absolute atomic E-state index is 0.176. The highest BCUT2D eigenvalue weighted by Crippen LogP contribution is 2.24. The van der Waals surface area contributed by atoms with E-state index in [0.717, 1.165) is 6.07 Å². The van der Waals surface area contributed by atoms with Gasteiger partial charge >= 0.3 is 11.9 Å². The minimum Gasteiger partial charge on any atom is -0.480 e. The highest BCUT2D eigenvalue weighted by Gasteiger charge is 2.29. The second kappa shape index (κ2) is 7.21. The monoisotopic (exact) mass is 340 g/mol. The van der Waals surface area contributed by atoms with Crippen molar-refractivity contribution < 1.29 is 28.2 Å². The van der Waals surface area contributed by atoms with E-state index in [1.807, 2.05) is 0 Å². The standard InChI is InChI=1S/C14H16N2O6S/c1-9-6-10(2)12(7-11(9)14(19)20)23(21,22)16(5-3-4-15)8-13(17)18/h6-7H,3,5,8H2,1-2H3,(H,17,18)(H,19,20). The molecular formula is C14H16N2O6S. The normalized spacial score (nSPS) is 11.2. The van der Waals surface area contributed by atoms with Crippen LogP contribution < -0.4 is 0 Å². The van der Waals surface area contributed by atoms with Crippen molar-refractivity contribution in [2.75, 3.05) is 13.1 Å². The number of nitrogens with zero attached hydrogens (tertiary/aromatic N) is 2. The summed E-state index contributed by atoms with van der Waals surface area (Å²) in [5.74, 6) is -2.64. The second-order valence-corrected chi connectivity index (χ2v) is 6.78. The number of carbonyl (C=O) groups is 2. The maximum Gasteiger partial charge on any atom is 0.335 e. The molecule has 0 atom stereocenters. The zero-order chi connectivity index (χ0) is 17.8. The van der Waals surface area contributed by atoms with Crippen LogP contribution in [0.4, 0.5) is 0 Å². The molecule has 1 aromatic carbocycles. The summed E-state index contributed by atoms with van der Waals surface area (Å²) < 4.78 is 25.9. The fraction of sp³-hybridized carbons (Fsp3) is 0.357. The van der Waals surface area contributed by atoms with E-state index in [-0.39, 0.29) is 23.4 Å². The number of aromatic carboxylic acids is 1. The number of benzene rings is 1. The predicted molar refractivity (Wildman–Crippen MR) is 79.5 cm³/mol. The number of nitriles is 1. The lowest BCUT2D eigenvalue weighted by molar-refractivity contribution is -0.137. The minimum atomic E-state index is -4.23. The van der Waals surface area contributed by atoms with Crippen LogP contribution in [-0.2, 0) is 14.8 Å². The van der Waals surface area contributed by atoms with Gasteiger partial charge in [0, 0.05) is 13.0 Å². The molecule has 9 heteroatoms. The molecule has 0 spiro atoms. The molecule has 0 heterocycles. The quantitative estimate of drug-likeness (QED) is 0.755. The Bertz CT molecular complexity index is 779. The van der Waals surface area contributed by atoms with Crippen LogP contribution in [0.2, 0.25) is 0 Å². The van der Waals surface area contributed by atoms with Crippen molar-refractivity contribution in [2.24, 2.45) is 0 Å². The molecule has 8 nitrogen and oxygen atoms in total. The van der Waals surface area contributed by atoms with Crippen molar-refractivity contribution in [3.63, 3.8) is 0 Å². The summed E-state index contributed by atoms with van der Waals surface area (Å²) in [5, 5.41) is 26.6. The molecule has 1 rings (SSSR count). The molecule has 0 aliphatic carbocycles. The van der Waals surface area contributed by atoms with Crippen LogP contribution in [0.5, 0.6) is 0 Å². The van der Waals surface area contributed by atoms with Gasteiger partial charge in [-0.25, -0.2) is 13.2 Å². The van der Waals surface area contributed by atoms with E-state index in [1.165, 1.54) is 19.9 Å².